The molecule has 4 aliphatic rings. The summed E-state index contributed by atoms with van der Waals surface area (Å²) in [4.78, 5) is 0. The molecule has 0 spiro atoms. The normalized spacial score (nSPS) is 33.7. The Hall–Kier alpha value is -1.07. The number of hydrogen-bond acceptors (Lipinski definition) is 3. The van der Waals surface area contributed by atoms with Crippen molar-refractivity contribution in [3.8, 4) is 0 Å². The molecule has 6 rings (SSSR count). The van der Waals surface area contributed by atoms with Gasteiger partial charge in [0.2, 0.25) is 0 Å². The average molecular weight is 400 g/mol. The van der Waals surface area contributed by atoms with Crippen LogP contribution >= 0.6 is 12.4 Å². The van der Waals surface area contributed by atoms with E-state index in [4.69, 9.17) is 15.0 Å². The highest BCUT2D eigenvalue weighted by Crippen LogP contribution is 2.65. The van der Waals surface area contributed by atoms with Gasteiger partial charge in [-0.1, -0.05) is 56.3 Å². The maximum absolute atomic E-state index is 6.53. The van der Waals surface area contributed by atoms with Crippen LogP contribution in [0.4, 0.5) is 0 Å². The minimum atomic E-state index is -0.268. The summed E-state index contributed by atoms with van der Waals surface area (Å²) < 4.78 is 12.8. The van der Waals surface area contributed by atoms with E-state index in [2.05, 4.69) is 63.2 Å². The third-order valence-corrected chi connectivity index (χ3v) is 7.90. The van der Waals surface area contributed by atoms with E-state index in [1.165, 1.54) is 22.8 Å². The molecule has 1 saturated heterocycles. The van der Waals surface area contributed by atoms with Crippen LogP contribution in [-0.2, 0) is 15.7 Å². The van der Waals surface area contributed by atoms with Crippen LogP contribution in [0.15, 0.2) is 42.5 Å². The van der Waals surface area contributed by atoms with Gasteiger partial charge < -0.3 is 15.0 Å². The van der Waals surface area contributed by atoms with Gasteiger partial charge >= 0.3 is 7.12 Å². The van der Waals surface area contributed by atoms with E-state index in [0.717, 1.165) is 25.2 Å². The average Bonchev–Trinajstić information content (AvgIpc) is 3.03. The zero-order valence-corrected chi connectivity index (χ0v) is 17.9. The first-order valence-corrected chi connectivity index (χ1v) is 10.4. The van der Waals surface area contributed by atoms with Crippen LogP contribution in [0.25, 0.3) is 10.8 Å². The van der Waals surface area contributed by atoms with Crippen molar-refractivity contribution >= 4 is 30.3 Å². The number of benzene rings is 2. The van der Waals surface area contributed by atoms with Gasteiger partial charge in [0.15, 0.2) is 0 Å². The Balaban J connectivity index is 0.00000192. The molecule has 2 aromatic rings. The number of aryl methyl sites for hydroxylation is 1. The number of rotatable bonds is 4. The second kappa shape index (κ2) is 7.02. The first kappa shape index (κ1) is 20.2. The fraction of sp³-hybridized carbons (Fsp3) is 0.565. The van der Waals surface area contributed by atoms with Gasteiger partial charge in [-0.3, -0.25) is 0 Å². The van der Waals surface area contributed by atoms with Gasteiger partial charge in [0.1, 0.15) is 0 Å². The molecule has 0 unspecified atom stereocenters. The van der Waals surface area contributed by atoms with Gasteiger partial charge in [0, 0.05) is 5.94 Å². The zero-order chi connectivity index (χ0) is 18.8. The van der Waals surface area contributed by atoms with Crippen molar-refractivity contribution in [3.05, 3.63) is 48.0 Å². The summed E-state index contributed by atoms with van der Waals surface area (Å²) in [6.45, 7) is 7.04. The monoisotopic (exact) mass is 399 g/mol. The van der Waals surface area contributed by atoms with Crippen molar-refractivity contribution < 1.29 is 9.31 Å². The van der Waals surface area contributed by atoms with Crippen molar-refractivity contribution in [2.24, 2.45) is 23.0 Å². The highest BCUT2D eigenvalue weighted by molar-refractivity contribution is 6.47. The molecule has 3 saturated carbocycles. The lowest BCUT2D eigenvalue weighted by molar-refractivity contribution is -0.199. The quantitative estimate of drug-likeness (QED) is 0.752. The summed E-state index contributed by atoms with van der Waals surface area (Å²) in [5.74, 6) is 1.28. The van der Waals surface area contributed by atoms with E-state index in [-0.39, 0.29) is 37.2 Å². The van der Waals surface area contributed by atoms with Crippen molar-refractivity contribution in [1.29, 1.82) is 0 Å². The van der Waals surface area contributed by atoms with Gasteiger partial charge in [-0.25, -0.2) is 0 Å². The maximum Gasteiger partial charge on any atom is 0.475 e. The van der Waals surface area contributed by atoms with Crippen LogP contribution in [0.5, 0.6) is 0 Å². The van der Waals surface area contributed by atoms with Crippen molar-refractivity contribution in [3.63, 3.8) is 0 Å². The predicted octanol–water partition coefficient (Wildman–Crippen LogP) is 4.79. The zero-order valence-electron chi connectivity index (χ0n) is 17.1. The lowest BCUT2D eigenvalue weighted by atomic mass is 9.43. The SMILES string of the molecule is CC1(C)[C@@H]2C[C@H]3OB([C@@H](N)CCc4ccc5ccccc5c4)O[C@@]3(C)[C@H]1C2.Cl. The van der Waals surface area contributed by atoms with Crippen LogP contribution in [0.2, 0.25) is 0 Å². The molecule has 2 aromatic carbocycles. The van der Waals surface area contributed by atoms with Crippen molar-refractivity contribution in [1.82, 2.24) is 0 Å². The van der Waals surface area contributed by atoms with Crippen molar-refractivity contribution in [2.75, 3.05) is 0 Å². The molecular formula is C23H31BClNO2. The molecule has 150 valence electrons. The van der Waals surface area contributed by atoms with Gasteiger partial charge in [-0.15, -0.1) is 12.4 Å². The molecular weight excluding hydrogens is 369 g/mol. The van der Waals surface area contributed by atoms with Crippen molar-refractivity contribution in [2.45, 2.75) is 64.1 Å². The number of fused-ring (bicyclic) bond motifs is 1. The van der Waals surface area contributed by atoms with Crippen LogP contribution in [0.1, 0.15) is 45.6 Å². The Morgan fingerprint density at radius 2 is 1.86 bits per heavy atom. The van der Waals surface area contributed by atoms with Crippen LogP contribution in [0, 0.1) is 17.3 Å². The summed E-state index contributed by atoms with van der Waals surface area (Å²) in [7, 11) is -0.268. The van der Waals surface area contributed by atoms with E-state index in [1.54, 1.807) is 0 Å². The second-order valence-electron chi connectivity index (χ2n) is 9.72. The number of halogens is 1. The largest absolute Gasteiger partial charge is 0.475 e. The molecule has 5 heteroatoms. The Kier molecular flexibility index (Phi) is 5.07. The fourth-order valence-electron chi connectivity index (χ4n) is 5.95. The molecule has 4 fully saturated rings. The summed E-state index contributed by atoms with van der Waals surface area (Å²) in [6, 6.07) is 15.2. The minimum Gasteiger partial charge on any atom is -0.404 e. The number of nitrogens with two attached hydrogens (primary N) is 1. The van der Waals surface area contributed by atoms with Gasteiger partial charge in [-0.05, 0) is 66.2 Å². The summed E-state index contributed by atoms with van der Waals surface area (Å²) in [6.07, 6.45) is 4.44. The van der Waals surface area contributed by atoms with Gasteiger partial charge in [0.25, 0.3) is 0 Å². The lowest BCUT2D eigenvalue weighted by Gasteiger charge is -2.64. The second-order valence-corrected chi connectivity index (χ2v) is 9.72. The van der Waals surface area contributed by atoms with Gasteiger partial charge in [-0.2, -0.15) is 0 Å². The molecule has 0 radical (unpaired) electrons. The summed E-state index contributed by atoms with van der Waals surface area (Å²) >= 11 is 0. The highest BCUT2D eigenvalue weighted by atomic mass is 35.5. The first-order valence-electron chi connectivity index (χ1n) is 10.4. The molecule has 5 atom stereocenters. The van der Waals surface area contributed by atoms with E-state index in [9.17, 15) is 0 Å². The Bertz CT molecular complexity index is 875. The van der Waals surface area contributed by atoms with E-state index >= 15 is 0 Å². The Morgan fingerprint density at radius 1 is 1.11 bits per heavy atom. The predicted molar refractivity (Wildman–Crippen MR) is 118 cm³/mol. The summed E-state index contributed by atoms with van der Waals surface area (Å²) in [5, 5.41) is 2.57. The fourth-order valence-corrected chi connectivity index (χ4v) is 5.95. The summed E-state index contributed by atoms with van der Waals surface area (Å²) in [5.41, 5.74) is 8.07. The highest BCUT2D eigenvalue weighted by Gasteiger charge is 2.68. The first-order chi connectivity index (χ1) is 12.9. The molecule has 2 N–H and O–H groups in total. The van der Waals surface area contributed by atoms with Crippen LogP contribution in [0.3, 0.4) is 0 Å². The molecule has 1 heterocycles. The third-order valence-electron chi connectivity index (χ3n) is 7.90. The molecule has 3 aliphatic carbocycles. The minimum absolute atomic E-state index is 0. The molecule has 2 bridgehead atoms. The Morgan fingerprint density at radius 3 is 2.61 bits per heavy atom. The molecule has 3 nitrogen and oxygen atoms in total. The lowest BCUT2D eigenvalue weighted by Crippen LogP contribution is -2.65. The van der Waals surface area contributed by atoms with Crippen LogP contribution in [-0.4, -0.2) is 24.8 Å². The topological polar surface area (TPSA) is 44.5 Å². The van der Waals surface area contributed by atoms with Crippen LogP contribution < -0.4 is 5.73 Å². The molecule has 28 heavy (non-hydrogen) atoms. The van der Waals surface area contributed by atoms with E-state index in [1.807, 2.05) is 0 Å². The van der Waals surface area contributed by atoms with Gasteiger partial charge in [0.05, 0.1) is 11.7 Å². The van der Waals surface area contributed by atoms with E-state index in [0.29, 0.717) is 11.3 Å². The third kappa shape index (κ3) is 3.01. The van der Waals surface area contributed by atoms with E-state index < -0.39 is 0 Å². The Labute approximate surface area is 174 Å². The maximum atomic E-state index is 6.53. The molecule has 0 aromatic heterocycles. The standard InChI is InChI=1S/C23H30BNO2.ClH/c1-22(2)18-13-19(22)23(3)20(14-18)26-24(27-23)21(25)11-9-15-8-10-16-6-4-5-7-17(16)12-15;/h4-8,10,12,18-21H,9,11,13-14,25H2,1-3H3;1H/t18-,19-,20+,21-,23-;/m0./s1. The molecule has 0 amide bonds. The smallest absolute Gasteiger partial charge is 0.404 e. The number of hydrogen-bond donors (Lipinski definition) is 1. The molecule has 1 aliphatic heterocycles.